The number of imidazole rings is 1. The summed E-state index contributed by atoms with van der Waals surface area (Å²) in [5.41, 5.74) is 3.05. The van der Waals surface area contributed by atoms with Crippen molar-refractivity contribution in [1.82, 2.24) is 9.97 Å². The number of anilines is 2. The molecule has 27 heavy (non-hydrogen) atoms. The number of aromatic amines is 1. The van der Waals surface area contributed by atoms with Gasteiger partial charge in [0.25, 0.3) is 0 Å². The molecule has 0 spiro atoms. The van der Waals surface area contributed by atoms with E-state index in [1.807, 2.05) is 24.3 Å². The normalized spacial score (nSPS) is 10.6. The average molecular weight is 366 g/mol. The lowest BCUT2D eigenvalue weighted by molar-refractivity contribution is -0.116. The number of nitrogens with zero attached hydrogens (tertiary/aromatic N) is 1. The fourth-order valence-corrected chi connectivity index (χ4v) is 2.84. The van der Waals surface area contributed by atoms with Crippen LogP contribution in [0.15, 0.2) is 42.5 Å². The summed E-state index contributed by atoms with van der Waals surface area (Å²) in [7, 11) is 1.53. The molecule has 0 aliphatic carbocycles. The maximum Gasteiger partial charge on any atom is 0.224 e. The number of benzene rings is 2. The summed E-state index contributed by atoms with van der Waals surface area (Å²) in [6.45, 7) is 1.43. The number of ether oxygens (including phenoxy) is 1. The first-order chi connectivity index (χ1) is 13.0. The van der Waals surface area contributed by atoms with Gasteiger partial charge in [-0.15, -0.1) is 0 Å². The van der Waals surface area contributed by atoms with Crippen molar-refractivity contribution in [2.24, 2.45) is 0 Å². The molecule has 2 amide bonds. The first kappa shape index (κ1) is 18.4. The van der Waals surface area contributed by atoms with Gasteiger partial charge in [0.1, 0.15) is 11.6 Å². The second kappa shape index (κ2) is 8.35. The Morgan fingerprint density at radius 1 is 1.15 bits per heavy atom. The molecule has 0 unspecified atom stereocenters. The number of para-hydroxylation sites is 2. The second-order valence-corrected chi connectivity index (χ2v) is 6.20. The molecular weight excluding hydrogens is 344 g/mol. The molecule has 7 heteroatoms. The molecule has 0 bridgehead atoms. The second-order valence-electron chi connectivity index (χ2n) is 6.20. The van der Waals surface area contributed by atoms with E-state index >= 15 is 0 Å². The third-order valence-electron chi connectivity index (χ3n) is 4.05. The number of nitrogens with one attached hydrogen (secondary N) is 3. The lowest BCUT2D eigenvalue weighted by atomic mass is 10.2. The van der Waals surface area contributed by atoms with Crippen molar-refractivity contribution in [2.45, 2.75) is 26.2 Å². The van der Waals surface area contributed by atoms with Crippen LogP contribution >= 0.6 is 0 Å². The van der Waals surface area contributed by atoms with Gasteiger partial charge in [-0.3, -0.25) is 9.59 Å². The summed E-state index contributed by atoms with van der Waals surface area (Å²) in [5.74, 6) is 1.11. The van der Waals surface area contributed by atoms with Gasteiger partial charge in [-0.1, -0.05) is 12.1 Å². The first-order valence-corrected chi connectivity index (χ1v) is 8.74. The predicted molar refractivity (Wildman–Crippen MR) is 105 cm³/mol. The number of aryl methyl sites for hydroxylation is 1. The van der Waals surface area contributed by atoms with Crippen LogP contribution < -0.4 is 15.4 Å². The van der Waals surface area contributed by atoms with Gasteiger partial charge in [-0.05, 0) is 36.8 Å². The number of amides is 2. The highest BCUT2D eigenvalue weighted by Crippen LogP contribution is 2.28. The molecular formula is C20H22N4O3. The largest absolute Gasteiger partial charge is 0.495 e. The Bertz CT molecular complexity index is 932. The molecule has 1 aromatic heterocycles. The average Bonchev–Trinajstić information content (AvgIpc) is 3.04. The molecule has 3 aromatic rings. The maximum atomic E-state index is 12.3. The Hall–Kier alpha value is -3.35. The topological polar surface area (TPSA) is 96.1 Å². The van der Waals surface area contributed by atoms with Crippen LogP contribution in [0.4, 0.5) is 11.4 Å². The van der Waals surface area contributed by atoms with E-state index in [-0.39, 0.29) is 11.8 Å². The summed E-state index contributed by atoms with van der Waals surface area (Å²) in [6.07, 6.45) is 1.70. The highest BCUT2D eigenvalue weighted by Gasteiger charge is 2.10. The number of carbonyl (C=O) groups excluding carboxylic acids is 2. The molecule has 0 fully saturated rings. The van der Waals surface area contributed by atoms with Gasteiger partial charge in [0.2, 0.25) is 11.8 Å². The molecule has 0 aliphatic heterocycles. The molecule has 0 atom stereocenters. The zero-order valence-electron chi connectivity index (χ0n) is 15.3. The Morgan fingerprint density at radius 2 is 1.96 bits per heavy atom. The molecule has 3 N–H and O–H groups in total. The third kappa shape index (κ3) is 4.84. The van der Waals surface area contributed by atoms with Crippen molar-refractivity contribution in [1.29, 1.82) is 0 Å². The van der Waals surface area contributed by atoms with E-state index in [9.17, 15) is 9.59 Å². The number of hydrogen-bond acceptors (Lipinski definition) is 4. The van der Waals surface area contributed by atoms with Crippen molar-refractivity contribution in [3.63, 3.8) is 0 Å². The van der Waals surface area contributed by atoms with E-state index in [2.05, 4.69) is 20.6 Å². The van der Waals surface area contributed by atoms with Gasteiger partial charge < -0.3 is 20.4 Å². The highest BCUT2D eigenvalue weighted by molar-refractivity contribution is 5.94. The Morgan fingerprint density at radius 3 is 2.70 bits per heavy atom. The van der Waals surface area contributed by atoms with E-state index < -0.39 is 0 Å². The minimum atomic E-state index is -0.178. The zero-order chi connectivity index (χ0) is 19.2. The number of methoxy groups -OCH3 is 1. The summed E-state index contributed by atoms with van der Waals surface area (Å²) in [5, 5.41) is 5.53. The number of rotatable bonds is 7. The molecule has 3 rings (SSSR count). The van der Waals surface area contributed by atoms with E-state index in [4.69, 9.17) is 4.74 Å². The molecule has 2 aromatic carbocycles. The third-order valence-corrected chi connectivity index (χ3v) is 4.05. The Kier molecular flexibility index (Phi) is 5.71. The van der Waals surface area contributed by atoms with Crippen LogP contribution in [-0.4, -0.2) is 28.9 Å². The molecule has 0 radical (unpaired) electrons. The quantitative estimate of drug-likeness (QED) is 0.596. The highest BCUT2D eigenvalue weighted by atomic mass is 16.5. The van der Waals surface area contributed by atoms with E-state index in [0.29, 0.717) is 36.4 Å². The molecule has 0 aliphatic rings. The standard InChI is InChI=1S/C20H22N4O3/c1-13(25)21-14-10-11-18(27-2)17(12-14)24-20(26)9-5-8-19-22-15-6-3-4-7-16(15)23-19/h3-4,6-7,10-12H,5,8-9H2,1-2H3,(H,21,25)(H,22,23)(H,24,26). The lowest BCUT2D eigenvalue weighted by Gasteiger charge is -2.12. The SMILES string of the molecule is COc1ccc(NC(C)=O)cc1NC(=O)CCCc1nc2ccccc2[nH]1. The van der Waals surface area contributed by atoms with Crippen molar-refractivity contribution < 1.29 is 14.3 Å². The van der Waals surface area contributed by atoms with Gasteiger partial charge in [0, 0.05) is 25.5 Å². The fraction of sp³-hybridized carbons (Fsp3) is 0.250. The maximum absolute atomic E-state index is 12.3. The van der Waals surface area contributed by atoms with Crippen molar-refractivity contribution in [3.8, 4) is 5.75 Å². The van der Waals surface area contributed by atoms with Crippen molar-refractivity contribution in [2.75, 3.05) is 17.7 Å². The van der Waals surface area contributed by atoms with Gasteiger partial charge in [0.05, 0.1) is 23.8 Å². The van der Waals surface area contributed by atoms with Crippen LogP contribution in [-0.2, 0) is 16.0 Å². The van der Waals surface area contributed by atoms with Crippen molar-refractivity contribution in [3.05, 3.63) is 48.3 Å². The minimum Gasteiger partial charge on any atom is -0.495 e. The van der Waals surface area contributed by atoms with Crippen LogP contribution in [0.25, 0.3) is 11.0 Å². The van der Waals surface area contributed by atoms with Gasteiger partial charge in [-0.25, -0.2) is 4.98 Å². The number of carbonyl (C=O) groups is 2. The zero-order valence-corrected chi connectivity index (χ0v) is 15.3. The Balaban J connectivity index is 1.57. The lowest BCUT2D eigenvalue weighted by Crippen LogP contribution is -2.13. The van der Waals surface area contributed by atoms with E-state index in [0.717, 1.165) is 16.9 Å². The number of fused-ring (bicyclic) bond motifs is 1. The number of H-pyrrole nitrogens is 1. The summed E-state index contributed by atoms with van der Waals surface area (Å²) in [6, 6.07) is 12.9. The molecule has 0 saturated carbocycles. The van der Waals surface area contributed by atoms with Crippen LogP contribution in [0, 0.1) is 0 Å². The van der Waals surface area contributed by atoms with E-state index in [1.165, 1.54) is 14.0 Å². The molecule has 1 heterocycles. The van der Waals surface area contributed by atoms with E-state index in [1.54, 1.807) is 18.2 Å². The predicted octanol–water partition coefficient (Wildman–Crippen LogP) is 3.49. The van der Waals surface area contributed by atoms with Gasteiger partial charge in [-0.2, -0.15) is 0 Å². The summed E-state index contributed by atoms with van der Waals surface area (Å²) in [4.78, 5) is 31.3. The van der Waals surface area contributed by atoms with Crippen LogP contribution in [0.1, 0.15) is 25.6 Å². The fourth-order valence-electron chi connectivity index (χ4n) is 2.84. The van der Waals surface area contributed by atoms with Gasteiger partial charge in [0.15, 0.2) is 0 Å². The monoisotopic (exact) mass is 366 g/mol. The van der Waals surface area contributed by atoms with Crippen molar-refractivity contribution >= 4 is 34.2 Å². The number of hydrogen-bond donors (Lipinski definition) is 3. The number of aromatic nitrogens is 2. The summed E-state index contributed by atoms with van der Waals surface area (Å²) >= 11 is 0. The summed E-state index contributed by atoms with van der Waals surface area (Å²) < 4.78 is 5.27. The molecule has 7 nitrogen and oxygen atoms in total. The minimum absolute atomic E-state index is 0.121. The van der Waals surface area contributed by atoms with Crippen LogP contribution in [0.3, 0.4) is 0 Å². The van der Waals surface area contributed by atoms with Gasteiger partial charge >= 0.3 is 0 Å². The molecule has 0 saturated heterocycles. The van der Waals surface area contributed by atoms with Crippen LogP contribution in [0.2, 0.25) is 0 Å². The molecule has 140 valence electrons. The van der Waals surface area contributed by atoms with Crippen LogP contribution in [0.5, 0.6) is 5.75 Å². The first-order valence-electron chi connectivity index (χ1n) is 8.74. The Labute approximate surface area is 157 Å². The smallest absolute Gasteiger partial charge is 0.224 e.